The van der Waals surface area contributed by atoms with Gasteiger partial charge >= 0.3 is 0 Å². The molecular formula is C16H30N2. The van der Waals surface area contributed by atoms with Gasteiger partial charge < -0.3 is 11.1 Å². The lowest BCUT2D eigenvalue weighted by atomic mass is 9.94. The van der Waals surface area contributed by atoms with Gasteiger partial charge in [0.15, 0.2) is 0 Å². The van der Waals surface area contributed by atoms with Crippen molar-refractivity contribution in [3.63, 3.8) is 0 Å². The molecule has 3 aliphatic rings. The second kappa shape index (κ2) is 5.92. The highest BCUT2D eigenvalue weighted by atomic mass is 14.9. The molecule has 0 aliphatic heterocycles. The van der Waals surface area contributed by atoms with Gasteiger partial charge in [-0.2, -0.15) is 0 Å². The van der Waals surface area contributed by atoms with Crippen LogP contribution in [0.5, 0.6) is 0 Å². The molecule has 0 aromatic heterocycles. The van der Waals surface area contributed by atoms with Crippen LogP contribution in [-0.4, -0.2) is 19.1 Å². The van der Waals surface area contributed by atoms with Crippen LogP contribution in [0.25, 0.3) is 0 Å². The monoisotopic (exact) mass is 250 g/mol. The summed E-state index contributed by atoms with van der Waals surface area (Å²) in [6, 6.07) is 0.459. The Bertz CT molecular complexity index is 246. The van der Waals surface area contributed by atoms with E-state index in [4.69, 9.17) is 5.73 Å². The van der Waals surface area contributed by atoms with E-state index in [1.807, 2.05) is 0 Å². The third-order valence-corrected chi connectivity index (χ3v) is 5.46. The Labute approximate surface area is 112 Å². The minimum Gasteiger partial charge on any atom is -0.327 e. The molecule has 0 bridgehead atoms. The van der Waals surface area contributed by atoms with Crippen molar-refractivity contribution in [2.75, 3.05) is 13.1 Å². The van der Waals surface area contributed by atoms with Crippen LogP contribution >= 0.6 is 0 Å². The van der Waals surface area contributed by atoms with Crippen LogP contribution in [0.1, 0.15) is 57.8 Å². The summed E-state index contributed by atoms with van der Waals surface area (Å²) in [6.07, 6.45) is 12.8. The number of nitrogens with one attached hydrogen (secondary N) is 1. The predicted octanol–water partition coefficient (Wildman–Crippen LogP) is 2.92. The lowest BCUT2D eigenvalue weighted by molar-refractivity contribution is 0.330. The summed E-state index contributed by atoms with van der Waals surface area (Å²) in [5, 5.41) is 3.78. The first-order valence-electron chi connectivity index (χ1n) is 8.31. The second-order valence-corrected chi connectivity index (χ2v) is 7.06. The van der Waals surface area contributed by atoms with Crippen molar-refractivity contribution in [3.8, 4) is 0 Å². The van der Waals surface area contributed by atoms with Gasteiger partial charge in [-0.3, -0.25) is 0 Å². The van der Waals surface area contributed by atoms with Crippen molar-refractivity contribution in [1.82, 2.24) is 5.32 Å². The molecule has 0 spiro atoms. The molecule has 18 heavy (non-hydrogen) atoms. The molecule has 104 valence electrons. The average Bonchev–Trinajstić information content (AvgIpc) is 3.21. The van der Waals surface area contributed by atoms with E-state index in [-0.39, 0.29) is 0 Å². The smallest absolute Gasteiger partial charge is 0.00792 e. The molecule has 0 aromatic carbocycles. The quantitative estimate of drug-likeness (QED) is 0.711. The minimum absolute atomic E-state index is 0.459. The molecule has 0 amide bonds. The first kappa shape index (κ1) is 12.9. The van der Waals surface area contributed by atoms with Gasteiger partial charge in [0.2, 0.25) is 0 Å². The Balaban J connectivity index is 1.39. The Hall–Kier alpha value is -0.0800. The lowest BCUT2D eigenvalue weighted by Gasteiger charge is -2.24. The van der Waals surface area contributed by atoms with Crippen LogP contribution < -0.4 is 11.1 Å². The fourth-order valence-electron chi connectivity index (χ4n) is 3.87. The number of hydrogen-bond acceptors (Lipinski definition) is 2. The largest absolute Gasteiger partial charge is 0.327 e. The predicted molar refractivity (Wildman–Crippen MR) is 76.4 cm³/mol. The molecule has 3 saturated carbocycles. The number of rotatable bonds is 6. The maximum absolute atomic E-state index is 6.30. The number of hydrogen-bond donors (Lipinski definition) is 2. The second-order valence-electron chi connectivity index (χ2n) is 7.06. The molecule has 2 atom stereocenters. The van der Waals surface area contributed by atoms with Crippen LogP contribution in [0.15, 0.2) is 0 Å². The van der Waals surface area contributed by atoms with Crippen molar-refractivity contribution in [3.05, 3.63) is 0 Å². The summed E-state index contributed by atoms with van der Waals surface area (Å²) >= 11 is 0. The summed E-state index contributed by atoms with van der Waals surface area (Å²) in [4.78, 5) is 0. The van der Waals surface area contributed by atoms with E-state index in [1.54, 1.807) is 0 Å². The molecule has 3 fully saturated rings. The zero-order chi connectivity index (χ0) is 12.4. The molecule has 3 N–H and O–H groups in total. The first-order valence-corrected chi connectivity index (χ1v) is 8.31. The van der Waals surface area contributed by atoms with Gasteiger partial charge in [0, 0.05) is 6.04 Å². The summed E-state index contributed by atoms with van der Waals surface area (Å²) in [7, 11) is 0. The molecule has 2 heteroatoms. The molecule has 2 unspecified atom stereocenters. The summed E-state index contributed by atoms with van der Waals surface area (Å²) < 4.78 is 0. The molecule has 0 radical (unpaired) electrons. The van der Waals surface area contributed by atoms with Crippen molar-refractivity contribution < 1.29 is 0 Å². The molecule has 0 heterocycles. The first-order chi connectivity index (χ1) is 8.84. The van der Waals surface area contributed by atoms with Crippen LogP contribution in [0, 0.1) is 23.7 Å². The average molecular weight is 250 g/mol. The molecule has 0 saturated heterocycles. The zero-order valence-electron chi connectivity index (χ0n) is 11.7. The summed E-state index contributed by atoms with van der Waals surface area (Å²) in [6.45, 7) is 2.45. The molecular weight excluding hydrogens is 220 g/mol. The van der Waals surface area contributed by atoms with E-state index in [9.17, 15) is 0 Å². The van der Waals surface area contributed by atoms with Crippen LogP contribution in [0.3, 0.4) is 0 Å². The van der Waals surface area contributed by atoms with Crippen molar-refractivity contribution in [2.24, 2.45) is 29.4 Å². The van der Waals surface area contributed by atoms with E-state index < -0.39 is 0 Å². The molecule has 2 nitrogen and oxygen atoms in total. The normalized spacial score (nSPS) is 33.7. The van der Waals surface area contributed by atoms with Crippen molar-refractivity contribution in [2.45, 2.75) is 63.8 Å². The van der Waals surface area contributed by atoms with E-state index in [0.29, 0.717) is 6.04 Å². The van der Waals surface area contributed by atoms with Crippen molar-refractivity contribution >= 4 is 0 Å². The Morgan fingerprint density at radius 3 is 2.22 bits per heavy atom. The molecule has 3 rings (SSSR count). The highest BCUT2D eigenvalue weighted by molar-refractivity contribution is 4.92. The Morgan fingerprint density at radius 2 is 1.56 bits per heavy atom. The highest BCUT2D eigenvalue weighted by Gasteiger charge is 2.40. The number of nitrogens with two attached hydrogens (primary N) is 1. The third-order valence-electron chi connectivity index (χ3n) is 5.46. The maximum atomic E-state index is 6.30. The summed E-state index contributed by atoms with van der Waals surface area (Å²) in [5.74, 6) is 3.90. The van der Waals surface area contributed by atoms with Crippen LogP contribution in [0.4, 0.5) is 0 Å². The molecule has 3 aliphatic carbocycles. The van der Waals surface area contributed by atoms with E-state index in [0.717, 1.165) is 23.7 Å². The van der Waals surface area contributed by atoms with Crippen LogP contribution in [0.2, 0.25) is 0 Å². The van der Waals surface area contributed by atoms with Gasteiger partial charge in [0.1, 0.15) is 0 Å². The van der Waals surface area contributed by atoms with Gasteiger partial charge in [-0.1, -0.05) is 19.3 Å². The Kier molecular flexibility index (Phi) is 4.25. The lowest BCUT2D eigenvalue weighted by Crippen LogP contribution is -2.38. The van der Waals surface area contributed by atoms with Crippen LogP contribution in [-0.2, 0) is 0 Å². The van der Waals surface area contributed by atoms with Gasteiger partial charge in [-0.05, 0) is 75.3 Å². The van der Waals surface area contributed by atoms with Gasteiger partial charge in [-0.15, -0.1) is 0 Å². The minimum atomic E-state index is 0.459. The maximum Gasteiger partial charge on any atom is 0.00792 e. The SMILES string of the molecule is NC1CCCCCC1CNCC(C1CC1)C1CC1. The van der Waals surface area contributed by atoms with E-state index >= 15 is 0 Å². The highest BCUT2D eigenvalue weighted by Crippen LogP contribution is 2.48. The van der Waals surface area contributed by atoms with E-state index in [2.05, 4.69) is 5.32 Å². The zero-order valence-corrected chi connectivity index (χ0v) is 11.7. The van der Waals surface area contributed by atoms with Gasteiger partial charge in [-0.25, -0.2) is 0 Å². The fourth-order valence-corrected chi connectivity index (χ4v) is 3.87. The van der Waals surface area contributed by atoms with Gasteiger partial charge in [0.05, 0.1) is 0 Å². The third kappa shape index (κ3) is 3.48. The molecule has 0 aromatic rings. The fraction of sp³-hybridized carbons (Fsp3) is 1.00. The summed E-state index contributed by atoms with van der Waals surface area (Å²) in [5.41, 5.74) is 6.30. The van der Waals surface area contributed by atoms with Gasteiger partial charge in [0.25, 0.3) is 0 Å². The standard InChI is InChI=1S/C16H30N2/c17-16-5-3-1-2-4-14(16)10-18-11-15(12-6-7-12)13-8-9-13/h12-16,18H,1-11,17H2. The Morgan fingerprint density at radius 1 is 0.889 bits per heavy atom. The van der Waals surface area contributed by atoms with E-state index in [1.165, 1.54) is 70.9 Å². The van der Waals surface area contributed by atoms with Crippen molar-refractivity contribution in [1.29, 1.82) is 0 Å². The topological polar surface area (TPSA) is 38.0 Å².